The van der Waals surface area contributed by atoms with E-state index >= 15 is 0 Å². The van der Waals surface area contributed by atoms with Crippen LogP contribution in [0.3, 0.4) is 0 Å². The van der Waals surface area contributed by atoms with Gasteiger partial charge in [-0.05, 0) is 56.5 Å². The highest BCUT2D eigenvalue weighted by atomic mass is 35.5. The predicted octanol–water partition coefficient (Wildman–Crippen LogP) is 6.64. The number of carbonyl (C=O) groups excluding carboxylic acids is 2. The zero-order valence-corrected chi connectivity index (χ0v) is 23.7. The van der Waals surface area contributed by atoms with Gasteiger partial charge in [0.2, 0.25) is 5.91 Å². The van der Waals surface area contributed by atoms with Crippen LogP contribution in [0.25, 0.3) is 10.9 Å². The molecule has 0 spiro atoms. The molecule has 3 aromatic rings. The number of hydrogen-bond donors (Lipinski definition) is 3. The SMILES string of the molecule is CCOC(=O)c1[nH]c2cc(Cl)ccc2c1C(C(=O)NC1CCCCC1)N(Cc1ccc(Cl)c(Cl)c1)C(C)O. The lowest BCUT2D eigenvalue weighted by Gasteiger charge is -2.35. The number of aromatic nitrogens is 1. The monoisotopic (exact) mass is 579 g/mol. The Morgan fingerprint density at radius 1 is 1.11 bits per heavy atom. The van der Waals surface area contributed by atoms with Crippen LogP contribution in [0.5, 0.6) is 0 Å². The minimum Gasteiger partial charge on any atom is -0.461 e. The lowest BCUT2D eigenvalue weighted by atomic mass is 9.94. The first-order valence-corrected chi connectivity index (χ1v) is 14.0. The summed E-state index contributed by atoms with van der Waals surface area (Å²) in [6.07, 6.45) is 3.93. The van der Waals surface area contributed by atoms with Gasteiger partial charge in [0.05, 0.1) is 16.7 Å². The second kappa shape index (κ2) is 12.7. The van der Waals surface area contributed by atoms with Crippen LogP contribution in [0, 0.1) is 0 Å². The molecule has 1 saturated carbocycles. The molecule has 1 fully saturated rings. The third kappa shape index (κ3) is 6.46. The topological polar surface area (TPSA) is 94.7 Å². The summed E-state index contributed by atoms with van der Waals surface area (Å²) in [4.78, 5) is 32.0. The molecule has 2 aromatic carbocycles. The summed E-state index contributed by atoms with van der Waals surface area (Å²) in [5, 5.41) is 16.1. The normalized spacial score (nSPS) is 16.0. The van der Waals surface area contributed by atoms with Crippen LogP contribution < -0.4 is 5.32 Å². The number of fused-ring (bicyclic) bond motifs is 1. The summed E-state index contributed by atoms with van der Waals surface area (Å²) in [6, 6.07) is 9.34. The molecule has 38 heavy (non-hydrogen) atoms. The maximum absolute atomic E-state index is 14.1. The number of carbonyl (C=O) groups is 2. The number of hydrogen-bond acceptors (Lipinski definition) is 5. The van der Waals surface area contributed by atoms with Gasteiger partial charge in [-0.1, -0.05) is 66.2 Å². The number of amides is 1. The second-order valence-corrected chi connectivity index (χ2v) is 10.9. The molecule has 10 heteroatoms. The van der Waals surface area contributed by atoms with Crippen molar-refractivity contribution in [1.29, 1.82) is 0 Å². The van der Waals surface area contributed by atoms with Gasteiger partial charge in [0, 0.05) is 34.1 Å². The molecule has 7 nitrogen and oxygen atoms in total. The lowest BCUT2D eigenvalue weighted by molar-refractivity contribution is -0.133. The molecule has 1 amide bonds. The standard InChI is InChI=1S/C28H32Cl3N3O4/c1-3-38-28(37)25-24(20-11-10-18(29)14-23(20)33-25)26(27(36)32-19-7-5-4-6-8-19)34(16(2)35)15-17-9-12-21(30)22(31)13-17/h9-14,16,19,26,33,35H,3-8,15H2,1-2H3,(H,32,36). The molecule has 4 rings (SSSR count). The van der Waals surface area contributed by atoms with Crippen molar-refractivity contribution in [3.05, 3.63) is 68.3 Å². The summed E-state index contributed by atoms with van der Waals surface area (Å²) in [7, 11) is 0. The molecule has 1 aromatic heterocycles. The summed E-state index contributed by atoms with van der Waals surface area (Å²) < 4.78 is 5.35. The van der Waals surface area contributed by atoms with E-state index < -0.39 is 18.2 Å². The summed E-state index contributed by atoms with van der Waals surface area (Å²) >= 11 is 18.6. The Morgan fingerprint density at radius 3 is 2.50 bits per heavy atom. The molecule has 0 radical (unpaired) electrons. The fraction of sp³-hybridized carbons (Fsp3) is 0.429. The predicted molar refractivity (Wildman–Crippen MR) is 151 cm³/mol. The quantitative estimate of drug-likeness (QED) is 0.195. The third-order valence-electron chi connectivity index (χ3n) is 6.91. The van der Waals surface area contributed by atoms with Crippen molar-refractivity contribution in [3.8, 4) is 0 Å². The number of esters is 1. The molecule has 2 atom stereocenters. The summed E-state index contributed by atoms with van der Waals surface area (Å²) in [5.74, 6) is -0.898. The first kappa shape index (κ1) is 28.7. The Hall–Kier alpha value is -2.29. The number of rotatable bonds is 9. The molecule has 3 N–H and O–H groups in total. The fourth-order valence-corrected chi connectivity index (χ4v) is 5.59. The highest BCUT2D eigenvalue weighted by Crippen LogP contribution is 2.36. The largest absolute Gasteiger partial charge is 0.461 e. The first-order chi connectivity index (χ1) is 18.2. The third-order valence-corrected chi connectivity index (χ3v) is 7.89. The molecular formula is C28H32Cl3N3O4. The van der Waals surface area contributed by atoms with E-state index in [0.29, 0.717) is 31.5 Å². The highest BCUT2D eigenvalue weighted by Gasteiger charge is 2.37. The van der Waals surface area contributed by atoms with E-state index in [-0.39, 0.29) is 30.8 Å². The van der Waals surface area contributed by atoms with E-state index in [1.807, 2.05) is 0 Å². The second-order valence-electron chi connectivity index (χ2n) is 9.62. The van der Waals surface area contributed by atoms with Gasteiger partial charge >= 0.3 is 5.97 Å². The smallest absolute Gasteiger partial charge is 0.355 e. The van der Waals surface area contributed by atoms with Crippen LogP contribution in [0.15, 0.2) is 36.4 Å². The van der Waals surface area contributed by atoms with Crippen molar-refractivity contribution in [2.75, 3.05) is 6.61 Å². The highest BCUT2D eigenvalue weighted by molar-refractivity contribution is 6.42. The van der Waals surface area contributed by atoms with E-state index in [9.17, 15) is 14.7 Å². The van der Waals surface area contributed by atoms with E-state index in [1.54, 1.807) is 55.1 Å². The molecular weight excluding hydrogens is 549 g/mol. The molecule has 0 aliphatic heterocycles. The molecule has 0 saturated heterocycles. The van der Waals surface area contributed by atoms with Gasteiger partial charge in [-0.15, -0.1) is 0 Å². The number of nitrogens with zero attached hydrogens (tertiary/aromatic N) is 1. The lowest BCUT2D eigenvalue weighted by Crippen LogP contribution is -2.47. The number of ether oxygens (including phenoxy) is 1. The van der Waals surface area contributed by atoms with Crippen molar-refractivity contribution in [3.63, 3.8) is 0 Å². The number of nitrogens with one attached hydrogen (secondary N) is 2. The Balaban J connectivity index is 1.86. The van der Waals surface area contributed by atoms with Gasteiger partial charge in [0.25, 0.3) is 0 Å². The molecule has 204 valence electrons. The number of H-pyrrole nitrogens is 1. The zero-order valence-electron chi connectivity index (χ0n) is 21.4. The minimum atomic E-state index is -1.06. The van der Waals surface area contributed by atoms with Crippen LogP contribution in [-0.4, -0.2) is 45.7 Å². The first-order valence-electron chi connectivity index (χ1n) is 12.9. The van der Waals surface area contributed by atoms with Crippen molar-refractivity contribution in [2.24, 2.45) is 0 Å². The average molecular weight is 581 g/mol. The van der Waals surface area contributed by atoms with Crippen molar-refractivity contribution >= 4 is 57.6 Å². The Morgan fingerprint density at radius 2 is 1.84 bits per heavy atom. The van der Waals surface area contributed by atoms with Gasteiger partial charge < -0.3 is 20.1 Å². The number of aliphatic hydroxyl groups is 1. The van der Waals surface area contributed by atoms with Crippen LogP contribution in [0.1, 0.15) is 73.6 Å². The van der Waals surface area contributed by atoms with Gasteiger partial charge in [-0.2, -0.15) is 0 Å². The van der Waals surface area contributed by atoms with E-state index in [0.717, 1.165) is 37.7 Å². The molecule has 1 aliphatic carbocycles. The Labute approximate surface area is 237 Å². The maximum atomic E-state index is 14.1. The number of aromatic amines is 1. The molecule has 1 heterocycles. The maximum Gasteiger partial charge on any atom is 0.355 e. The summed E-state index contributed by atoms with van der Waals surface area (Å²) in [5.41, 5.74) is 1.90. The van der Waals surface area contributed by atoms with Crippen LogP contribution in [-0.2, 0) is 16.1 Å². The van der Waals surface area contributed by atoms with E-state index in [1.165, 1.54) is 0 Å². The van der Waals surface area contributed by atoms with Gasteiger partial charge in [-0.25, -0.2) is 4.79 Å². The van der Waals surface area contributed by atoms with E-state index in [4.69, 9.17) is 39.5 Å². The molecule has 1 aliphatic rings. The zero-order chi connectivity index (χ0) is 27.4. The fourth-order valence-electron chi connectivity index (χ4n) is 5.10. The summed E-state index contributed by atoms with van der Waals surface area (Å²) in [6.45, 7) is 3.64. The Bertz CT molecular complexity index is 1300. The number of benzene rings is 2. The van der Waals surface area contributed by atoms with Gasteiger partial charge in [0.15, 0.2) is 0 Å². The van der Waals surface area contributed by atoms with Crippen molar-refractivity contribution in [2.45, 2.75) is 70.8 Å². The Kier molecular flexibility index (Phi) is 9.60. The van der Waals surface area contributed by atoms with E-state index in [2.05, 4.69) is 10.3 Å². The average Bonchev–Trinajstić information content (AvgIpc) is 3.24. The molecule has 0 bridgehead atoms. The van der Waals surface area contributed by atoms with Gasteiger partial charge in [0.1, 0.15) is 18.0 Å². The van der Waals surface area contributed by atoms with Crippen LogP contribution in [0.2, 0.25) is 15.1 Å². The minimum absolute atomic E-state index is 0.0188. The molecule has 2 unspecified atom stereocenters. The van der Waals surface area contributed by atoms with Crippen LogP contribution >= 0.6 is 34.8 Å². The van der Waals surface area contributed by atoms with Crippen LogP contribution in [0.4, 0.5) is 0 Å². The number of aliphatic hydroxyl groups excluding tert-OH is 1. The number of halogens is 3. The van der Waals surface area contributed by atoms with Crippen molar-refractivity contribution < 1.29 is 19.4 Å². The van der Waals surface area contributed by atoms with Crippen molar-refractivity contribution in [1.82, 2.24) is 15.2 Å². The van der Waals surface area contributed by atoms with Gasteiger partial charge in [-0.3, -0.25) is 9.69 Å².